The summed E-state index contributed by atoms with van der Waals surface area (Å²) >= 11 is 0. The molecule has 0 aromatic rings. The van der Waals surface area contributed by atoms with Gasteiger partial charge in [0.2, 0.25) is 17.7 Å². The Labute approximate surface area is 215 Å². The van der Waals surface area contributed by atoms with Gasteiger partial charge in [0.1, 0.15) is 11.6 Å². The van der Waals surface area contributed by atoms with Gasteiger partial charge in [0.15, 0.2) is 0 Å². The molecule has 4 aliphatic heterocycles. The van der Waals surface area contributed by atoms with Gasteiger partial charge in [0.25, 0.3) is 0 Å². The number of likely N-dealkylation sites (tertiary alicyclic amines) is 1. The first-order valence-electron chi connectivity index (χ1n) is 13.8. The number of carbonyl (C=O) groups is 3. The van der Waals surface area contributed by atoms with Crippen LogP contribution in [0.15, 0.2) is 24.3 Å². The number of unbranched alkanes of at least 4 members (excludes halogenated alkanes) is 2. The van der Waals surface area contributed by atoms with Gasteiger partial charge in [-0.25, -0.2) is 0 Å². The maximum Gasteiger partial charge on any atom is 0.249 e. The van der Waals surface area contributed by atoms with Gasteiger partial charge >= 0.3 is 0 Å². The van der Waals surface area contributed by atoms with E-state index in [1.807, 2.05) is 50.0 Å². The molecule has 0 aromatic heterocycles. The topological polar surface area (TPSA) is 90.4 Å². The molecule has 36 heavy (non-hydrogen) atoms. The van der Waals surface area contributed by atoms with Gasteiger partial charge in [-0.05, 0) is 25.2 Å². The number of hydrogen-bond acceptors (Lipinski definition) is 5. The van der Waals surface area contributed by atoms with Crippen molar-refractivity contribution < 1.29 is 24.2 Å². The van der Waals surface area contributed by atoms with Crippen LogP contribution in [0.1, 0.15) is 59.8 Å². The minimum absolute atomic E-state index is 0.0861. The second kappa shape index (κ2) is 11.1. The highest BCUT2D eigenvalue weighted by Gasteiger charge is 2.72. The van der Waals surface area contributed by atoms with Gasteiger partial charge in [-0.1, -0.05) is 64.8 Å². The number of ether oxygens (including phenoxy) is 1. The second-order valence-corrected chi connectivity index (χ2v) is 11.2. The van der Waals surface area contributed by atoms with E-state index < -0.39 is 35.6 Å². The monoisotopic (exact) mass is 501 g/mol. The largest absolute Gasteiger partial charge is 0.394 e. The summed E-state index contributed by atoms with van der Waals surface area (Å²) in [5, 5.41) is 10.4. The molecule has 1 unspecified atom stereocenters. The van der Waals surface area contributed by atoms with E-state index in [1.54, 1.807) is 9.80 Å². The van der Waals surface area contributed by atoms with Crippen molar-refractivity contribution in [3.8, 4) is 0 Å². The smallest absolute Gasteiger partial charge is 0.249 e. The van der Waals surface area contributed by atoms with Gasteiger partial charge in [-0.3, -0.25) is 14.4 Å². The number of hydrogen-bond donors (Lipinski definition) is 1. The lowest BCUT2D eigenvalue weighted by Crippen LogP contribution is -2.58. The van der Waals surface area contributed by atoms with Crippen LogP contribution in [0.5, 0.6) is 0 Å². The summed E-state index contributed by atoms with van der Waals surface area (Å²) in [5.41, 5.74) is -1.22. The first-order valence-corrected chi connectivity index (χ1v) is 13.8. The Kier molecular flexibility index (Phi) is 8.25. The molecule has 3 amide bonds. The van der Waals surface area contributed by atoms with Crippen molar-refractivity contribution in [1.29, 1.82) is 0 Å². The normalized spacial score (nSPS) is 32.6. The van der Waals surface area contributed by atoms with E-state index in [4.69, 9.17) is 4.74 Å². The van der Waals surface area contributed by atoms with Crippen LogP contribution in [0.25, 0.3) is 0 Å². The van der Waals surface area contributed by atoms with Crippen LogP contribution in [0.3, 0.4) is 0 Å². The zero-order valence-electron chi connectivity index (χ0n) is 22.3. The third-order valence-corrected chi connectivity index (χ3v) is 8.14. The van der Waals surface area contributed by atoms with Crippen LogP contribution in [0.4, 0.5) is 0 Å². The first-order chi connectivity index (χ1) is 17.3. The number of nitrogens with zero attached hydrogens (tertiary/aromatic N) is 3. The van der Waals surface area contributed by atoms with Crippen LogP contribution < -0.4 is 0 Å². The Morgan fingerprint density at radius 2 is 1.72 bits per heavy atom. The Bertz CT molecular complexity index is 902. The number of carbonyl (C=O) groups excluding carboxylic acids is 3. The van der Waals surface area contributed by atoms with Crippen molar-refractivity contribution in [3.05, 3.63) is 24.3 Å². The summed E-state index contributed by atoms with van der Waals surface area (Å²) in [7, 11) is 0. The van der Waals surface area contributed by atoms with Crippen molar-refractivity contribution in [2.45, 2.75) is 83.6 Å². The van der Waals surface area contributed by atoms with Gasteiger partial charge in [0, 0.05) is 26.2 Å². The molecule has 4 aliphatic rings. The van der Waals surface area contributed by atoms with Crippen LogP contribution >= 0.6 is 0 Å². The van der Waals surface area contributed by atoms with E-state index in [1.165, 1.54) is 0 Å². The summed E-state index contributed by atoms with van der Waals surface area (Å²) in [4.78, 5) is 47.4. The summed E-state index contributed by atoms with van der Waals surface area (Å²) in [5.74, 6) is -1.73. The molecule has 1 spiro atoms. The first kappa shape index (κ1) is 26.9. The van der Waals surface area contributed by atoms with E-state index >= 15 is 0 Å². The Balaban J connectivity index is 1.79. The fraction of sp³-hybridized carbons (Fsp3) is 0.750. The van der Waals surface area contributed by atoms with Crippen molar-refractivity contribution in [2.24, 2.45) is 17.8 Å². The number of rotatable bonds is 10. The van der Waals surface area contributed by atoms with E-state index in [0.29, 0.717) is 32.6 Å². The van der Waals surface area contributed by atoms with E-state index in [0.717, 1.165) is 25.7 Å². The van der Waals surface area contributed by atoms with E-state index in [-0.39, 0.29) is 30.2 Å². The average molecular weight is 502 g/mol. The third-order valence-electron chi connectivity index (χ3n) is 8.14. The Morgan fingerprint density at radius 1 is 1.00 bits per heavy atom. The highest BCUT2D eigenvalue weighted by atomic mass is 16.5. The molecule has 200 valence electrons. The highest BCUT2D eigenvalue weighted by Crippen LogP contribution is 2.54. The van der Waals surface area contributed by atoms with Crippen molar-refractivity contribution in [3.63, 3.8) is 0 Å². The molecule has 4 rings (SSSR count). The lowest BCUT2D eigenvalue weighted by Gasteiger charge is -2.39. The van der Waals surface area contributed by atoms with Crippen molar-refractivity contribution in [1.82, 2.24) is 14.7 Å². The molecule has 6 atom stereocenters. The average Bonchev–Trinajstić information content (AvgIpc) is 3.17. The molecule has 1 N–H and O–H groups in total. The van der Waals surface area contributed by atoms with Crippen LogP contribution in [-0.4, -0.2) is 94.1 Å². The summed E-state index contributed by atoms with van der Waals surface area (Å²) in [6, 6.07) is -1.40. The molecule has 2 saturated heterocycles. The van der Waals surface area contributed by atoms with Crippen molar-refractivity contribution in [2.75, 3.05) is 32.8 Å². The molecule has 0 saturated carbocycles. The van der Waals surface area contributed by atoms with Gasteiger partial charge in [0.05, 0.1) is 30.6 Å². The Hall–Kier alpha value is -2.19. The molecule has 0 radical (unpaired) electrons. The van der Waals surface area contributed by atoms with E-state index in [2.05, 4.69) is 6.92 Å². The minimum atomic E-state index is -1.22. The molecule has 2 fully saturated rings. The summed E-state index contributed by atoms with van der Waals surface area (Å²) < 4.78 is 6.67. The minimum Gasteiger partial charge on any atom is -0.394 e. The van der Waals surface area contributed by atoms with Crippen LogP contribution in [0, 0.1) is 17.8 Å². The molecule has 0 aromatic carbocycles. The fourth-order valence-corrected chi connectivity index (χ4v) is 6.61. The summed E-state index contributed by atoms with van der Waals surface area (Å²) in [6.07, 6.45) is 11.5. The molecular formula is C28H43N3O5. The van der Waals surface area contributed by atoms with E-state index in [9.17, 15) is 19.5 Å². The predicted molar refractivity (Wildman–Crippen MR) is 137 cm³/mol. The maximum absolute atomic E-state index is 14.3. The van der Waals surface area contributed by atoms with Gasteiger partial charge < -0.3 is 24.5 Å². The zero-order chi connectivity index (χ0) is 26.0. The Morgan fingerprint density at radius 3 is 2.39 bits per heavy atom. The van der Waals surface area contributed by atoms with Crippen LogP contribution in [-0.2, 0) is 19.1 Å². The second-order valence-electron chi connectivity index (χ2n) is 11.2. The molecule has 4 heterocycles. The zero-order valence-corrected chi connectivity index (χ0v) is 22.3. The molecule has 0 bridgehead atoms. The van der Waals surface area contributed by atoms with Gasteiger partial charge in [-0.15, -0.1) is 0 Å². The number of aliphatic hydroxyl groups is 1. The standard InChI is InChI=1S/C28H43N3O5/c1-5-7-8-14-30-16-10-12-28-23(22-21(36-28)11-9-15-29(13-6-2)25(22)33)26(34)31(24(28)27(30)35)20(18-32)17-19(3)4/h9-12,19-24,32H,5-8,13-18H2,1-4H3/t20-,21+,22-,23+,24?,28+/m1/s1. The number of fused-ring (bicyclic) bond motifs is 2. The lowest BCUT2D eigenvalue weighted by atomic mass is 9.77. The SMILES string of the molecule is CCCCCN1CC=C[C@]23O[C@H]4C=CCN(CCC)C(=O)[C@H]4[C@H]2C(=O)N([C@@H](CO)CC(C)C)C3C1=O. The maximum atomic E-state index is 14.3. The number of amides is 3. The van der Waals surface area contributed by atoms with Crippen LogP contribution in [0.2, 0.25) is 0 Å². The van der Waals surface area contributed by atoms with Crippen molar-refractivity contribution >= 4 is 17.7 Å². The molecular weight excluding hydrogens is 458 g/mol. The fourth-order valence-electron chi connectivity index (χ4n) is 6.61. The quantitative estimate of drug-likeness (QED) is 0.367. The predicted octanol–water partition coefficient (Wildman–Crippen LogP) is 2.37. The highest BCUT2D eigenvalue weighted by molar-refractivity contribution is 6.00. The summed E-state index contributed by atoms with van der Waals surface area (Å²) in [6.45, 7) is 10.2. The molecule has 8 heteroatoms. The lowest BCUT2D eigenvalue weighted by molar-refractivity contribution is -0.151. The molecule has 0 aliphatic carbocycles. The number of aliphatic hydroxyl groups excluding tert-OH is 1. The molecule has 8 nitrogen and oxygen atoms in total. The third kappa shape index (κ3) is 4.51. The van der Waals surface area contributed by atoms with Gasteiger partial charge in [-0.2, -0.15) is 0 Å².